The summed E-state index contributed by atoms with van der Waals surface area (Å²) in [6, 6.07) is 15.4. The number of carbonyl (C=O) groups is 1. The van der Waals surface area contributed by atoms with Gasteiger partial charge in [0.25, 0.3) is 0 Å². The second-order valence-corrected chi connectivity index (χ2v) is 8.48. The van der Waals surface area contributed by atoms with Crippen LogP contribution in [0.4, 0.5) is 5.69 Å². The van der Waals surface area contributed by atoms with Crippen molar-refractivity contribution in [3.8, 4) is 0 Å². The Bertz CT molecular complexity index is 891. The average Bonchev–Trinajstić information content (AvgIpc) is 2.55. The van der Waals surface area contributed by atoms with E-state index in [1.54, 1.807) is 0 Å². The van der Waals surface area contributed by atoms with Crippen LogP contribution in [0.5, 0.6) is 0 Å². The molecule has 0 bridgehead atoms. The quantitative estimate of drug-likeness (QED) is 0.621. The van der Waals surface area contributed by atoms with Gasteiger partial charge in [0.05, 0.1) is 17.0 Å². The molecule has 0 saturated carbocycles. The summed E-state index contributed by atoms with van der Waals surface area (Å²) < 4.78 is 0.949. The smallest absolute Gasteiger partial charge is 0.168 e. The van der Waals surface area contributed by atoms with Gasteiger partial charge < -0.3 is 5.11 Å². The van der Waals surface area contributed by atoms with E-state index in [-0.39, 0.29) is 17.0 Å². The minimum Gasteiger partial charge on any atom is -0.511 e. The van der Waals surface area contributed by atoms with E-state index < -0.39 is 0 Å². The van der Waals surface area contributed by atoms with Crippen molar-refractivity contribution in [3.05, 3.63) is 75.5 Å². The highest BCUT2D eigenvalue weighted by Gasteiger charge is 2.35. The number of aryl methyl sites for hydroxylation is 1. The van der Waals surface area contributed by atoms with Gasteiger partial charge in [0.1, 0.15) is 5.76 Å². The summed E-state index contributed by atoms with van der Waals surface area (Å²) in [6.07, 6.45) is 0.868. The highest BCUT2D eigenvalue weighted by Crippen LogP contribution is 2.37. The van der Waals surface area contributed by atoms with Gasteiger partial charge in [0, 0.05) is 22.9 Å². The Hall–Kier alpha value is -2.20. The van der Waals surface area contributed by atoms with Crippen LogP contribution in [0.15, 0.2) is 69.3 Å². The predicted octanol–water partition coefficient (Wildman–Crippen LogP) is 6.08. The topological polar surface area (TPSA) is 49.7 Å². The third-order valence-corrected chi connectivity index (χ3v) is 5.01. The largest absolute Gasteiger partial charge is 0.511 e. The number of ketones is 1. The number of hydrogen-bond donors (Lipinski definition) is 1. The molecule has 2 aromatic rings. The van der Waals surface area contributed by atoms with Crippen molar-refractivity contribution < 1.29 is 9.90 Å². The summed E-state index contributed by atoms with van der Waals surface area (Å²) in [7, 11) is 0. The molecule has 0 aliphatic heterocycles. The first-order valence-corrected chi connectivity index (χ1v) is 9.41. The lowest BCUT2D eigenvalue weighted by molar-refractivity contribution is -0.117. The van der Waals surface area contributed by atoms with Crippen LogP contribution in [0.2, 0.25) is 0 Å². The number of benzene rings is 2. The summed E-state index contributed by atoms with van der Waals surface area (Å²) in [4.78, 5) is 17.6. The highest BCUT2D eigenvalue weighted by molar-refractivity contribution is 9.10. The number of aliphatic hydroxyl groups excluding tert-OH is 1. The number of allylic oxidation sites excluding steroid dienone is 2. The normalized spacial score (nSPS) is 17.5. The first-order chi connectivity index (χ1) is 12.2. The Morgan fingerprint density at radius 1 is 1.04 bits per heavy atom. The van der Waals surface area contributed by atoms with Crippen LogP contribution < -0.4 is 0 Å². The molecule has 2 aromatic carbocycles. The SMILES string of the molecule is Cc1ccc(N=C(C2=C(O)CC(C)(C)CC2=O)c2ccc(Br)cc2)cc1. The summed E-state index contributed by atoms with van der Waals surface area (Å²) in [5.74, 6) is 0.0626. The van der Waals surface area contributed by atoms with E-state index in [0.29, 0.717) is 24.1 Å². The van der Waals surface area contributed by atoms with Crippen LogP contribution >= 0.6 is 15.9 Å². The maximum Gasteiger partial charge on any atom is 0.168 e. The first-order valence-electron chi connectivity index (χ1n) is 8.62. The molecule has 134 valence electrons. The lowest BCUT2D eigenvalue weighted by atomic mass is 9.75. The molecule has 0 aromatic heterocycles. The second-order valence-electron chi connectivity index (χ2n) is 7.57. The van der Waals surface area contributed by atoms with Crippen LogP contribution in [0.25, 0.3) is 0 Å². The van der Waals surface area contributed by atoms with Gasteiger partial charge in [-0.3, -0.25) is 4.79 Å². The van der Waals surface area contributed by atoms with Crippen LogP contribution in [0.3, 0.4) is 0 Å². The number of nitrogens with zero attached hydrogens (tertiary/aromatic N) is 1. The van der Waals surface area contributed by atoms with Crippen molar-refractivity contribution >= 4 is 33.1 Å². The maximum absolute atomic E-state index is 12.8. The summed E-state index contributed by atoms with van der Waals surface area (Å²) in [6.45, 7) is 6.01. The molecule has 3 rings (SSSR count). The van der Waals surface area contributed by atoms with Crippen LogP contribution in [-0.4, -0.2) is 16.6 Å². The molecule has 0 heterocycles. The Labute approximate surface area is 162 Å². The molecule has 26 heavy (non-hydrogen) atoms. The first kappa shape index (κ1) is 18.6. The van der Waals surface area contributed by atoms with E-state index in [9.17, 15) is 9.90 Å². The molecule has 0 radical (unpaired) electrons. The molecule has 0 saturated heterocycles. The fourth-order valence-corrected chi connectivity index (χ4v) is 3.44. The summed E-state index contributed by atoms with van der Waals surface area (Å²) >= 11 is 3.44. The molecule has 1 aliphatic carbocycles. The number of hydrogen-bond acceptors (Lipinski definition) is 3. The number of Topliss-reactive ketones (excluding diaryl/α,β-unsaturated/α-hetero) is 1. The average molecular weight is 412 g/mol. The molecule has 1 N–H and O–H groups in total. The molecular formula is C22H22BrNO2. The van der Waals surface area contributed by atoms with Gasteiger partial charge in [0.2, 0.25) is 0 Å². The molecule has 4 heteroatoms. The van der Waals surface area contributed by atoms with Gasteiger partial charge in [-0.05, 0) is 36.6 Å². The third-order valence-electron chi connectivity index (χ3n) is 4.48. The molecular weight excluding hydrogens is 390 g/mol. The summed E-state index contributed by atoms with van der Waals surface area (Å²) in [5, 5.41) is 10.7. The number of aliphatic imine (C=N–C) groups is 1. The van der Waals surface area contributed by atoms with Gasteiger partial charge in [-0.2, -0.15) is 0 Å². The lowest BCUT2D eigenvalue weighted by Gasteiger charge is -2.30. The predicted molar refractivity (Wildman–Crippen MR) is 109 cm³/mol. The van der Waals surface area contributed by atoms with Gasteiger partial charge in [-0.15, -0.1) is 0 Å². The molecule has 1 aliphatic rings. The number of carbonyl (C=O) groups excluding carboxylic acids is 1. The minimum atomic E-state index is -0.237. The Kier molecular flexibility index (Phi) is 5.15. The van der Waals surface area contributed by atoms with Gasteiger partial charge in [0.15, 0.2) is 5.78 Å². The van der Waals surface area contributed by atoms with Crippen LogP contribution in [0.1, 0.15) is 37.8 Å². The minimum absolute atomic E-state index is 0.0625. The van der Waals surface area contributed by atoms with E-state index in [2.05, 4.69) is 15.9 Å². The highest BCUT2D eigenvalue weighted by atomic mass is 79.9. The van der Waals surface area contributed by atoms with Gasteiger partial charge in [-0.25, -0.2) is 4.99 Å². The molecule has 0 spiro atoms. The zero-order valence-corrected chi connectivity index (χ0v) is 16.8. The Morgan fingerprint density at radius 3 is 2.23 bits per heavy atom. The van der Waals surface area contributed by atoms with E-state index in [0.717, 1.165) is 21.3 Å². The summed E-state index contributed by atoms with van der Waals surface area (Å²) in [5.41, 5.74) is 3.34. The molecule has 0 amide bonds. The van der Waals surface area contributed by atoms with E-state index in [1.807, 2.05) is 69.3 Å². The zero-order valence-electron chi connectivity index (χ0n) is 15.2. The molecule has 0 atom stereocenters. The number of halogens is 1. The van der Waals surface area contributed by atoms with Crippen molar-refractivity contribution in [2.45, 2.75) is 33.6 Å². The van der Waals surface area contributed by atoms with E-state index >= 15 is 0 Å². The van der Waals surface area contributed by atoms with Crippen molar-refractivity contribution in [3.63, 3.8) is 0 Å². The van der Waals surface area contributed by atoms with Crippen molar-refractivity contribution in [2.75, 3.05) is 0 Å². The third kappa shape index (κ3) is 4.13. The Morgan fingerprint density at radius 2 is 1.65 bits per heavy atom. The Balaban J connectivity index is 2.16. The van der Waals surface area contributed by atoms with E-state index in [1.165, 1.54) is 0 Å². The van der Waals surface area contributed by atoms with Crippen molar-refractivity contribution in [2.24, 2.45) is 10.4 Å². The second kappa shape index (κ2) is 7.20. The van der Waals surface area contributed by atoms with Crippen LogP contribution in [0, 0.1) is 12.3 Å². The number of aliphatic hydroxyl groups is 1. The van der Waals surface area contributed by atoms with Crippen LogP contribution in [-0.2, 0) is 4.79 Å². The maximum atomic E-state index is 12.8. The zero-order chi connectivity index (χ0) is 18.9. The lowest BCUT2D eigenvalue weighted by Crippen LogP contribution is -2.29. The standard InChI is InChI=1S/C22H22BrNO2/c1-14-4-10-17(11-5-14)24-21(15-6-8-16(23)9-7-15)20-18(25)12-22(2,3)13-19(20)26/h4-11,25H,12-13H2,1-3H3. The molecule has 3 nitrogen and oxygen atoms in total. The van der Waals surface area contributed by atoms with E-state index in [4.69, 9.17) is 4.99 Å². The monoisotopic (exact) mass is 411 g/mol. The fourth-order valence-electron chi connectivity index (χ4n) is 3.18. The fraction of sp³-hybridized carbons (Fsp3) is 0.273. The molecule has 0 fully saturated rings. The van der Waals surface area contributed by atoms with Gasteiger partial charge >= 0.3 is 0 Å². The van der Waals surface area contributed by atoms with Gasteiger partial charge in [-0.1, -0.05) is 59.6 Å². The number of rotatable bonds is 3. The van der Waals surface area contributed by atoms with Crippen molar-refractivity contribution in [1.82, 2.24) is 0 Å². The molecule has 0 unspecified atom stereocenters. The van der Waals surface area contributed by atoms with Crippen molar-refractivity contribution in [1.29, 1.82) is 0 Å².